The number of hydrogen-bond donors (Lipinski definition) is 0. The molecule has 196 valence electrons. The summed E-state index contributed by atoms with van der Waals surface area (Å²) in [5.41, 5.74) is -0.583. The van der Waals surface area contributed by atoms with Gasteiger partial charge in [-0.25, -0.2) is 5.01 Å². The molecule has 1 amide bonds. The number of fused-ring (bicyclic) bond motifs is 1. The lowest BCUT2D eigenvalue weighted by Gasteiger charge is -2.35. The molecule has 0 saturated carbocycles. The highest BCUT2D eigenvalue weighted by atomic mass is 16.6. The van der Waals surface area contributed by atoms with E-state index in [1.54, 1.807) is 43.1 Å². The van der Waals surface area contributed by atoms with Crippen molar-refractivity contribution in [1.29, 1.82) is 0 Å². The van der Waals surface area contributed by atoms with E-state index in [1.165, 1.54) is 0 Å². The van der Waals surface area contributed by atoms with Crippen LogP contribution in [0.5, 0.6) is 11.5 Å². The predicted octanol–water partition coefficient (Wildman–Crippen LogP) is 4.84. The average Bonchev–Trinajstić information content (AvgIpc) is 3.45. The Balaban J connectivity index is 1.73. The van der Waals surface area contributed by atoms with Crippen LogP contribution >= 0.6 is 0 Å². The van der Waals surface area contributed by atoms with E-state index >= 15 is 0 Å². The highest BCUT2D eigenvalue weighted by Gasteiger charge is 2.72. The maximum Gasteiger partial charge on any atom is 0.328 e. The van der Waals surface area contributed by atoms with Crippen molar-refractivity contribution < 1.29 is 28.6 Å². The largest absolute Gasteiger partial charge is 0.465 e. The normalized spacial score (nSPS) is 20.2. The van der Waals surface area contributed by atoms with Gasteiger partial charge in [0.2, 0.25) is 11.3 Å². The molecule has 0 radical (unpaired) electrons. The second kappa shape index (κ2) is 10.7. The smallest absolute Gasteiger partial charge is 0.328 e. The van der Waals surface area contributed by atoms with Crippen LogP contribution in [0.2, 0.25) is 0 Å². The molecule has 0 aromatic heterocycles. The van der Waals surface area contributed by atoms with Gasteiger partial charge in [0.05, 0.1) is 19.3 Å². The number of amides is 1. The summed E-state index contributed by atoms with van der Waals surface area (Å²) in [4.78, 5) is 41.5. The van der Waals surface area contributed by atoms with Gasteiger partial charge in [0.15, 0.2) is 0 Å². The van der Waals surface area contributed by atoms with Gasteiger partial charge in [-0.05, 0) is 49.2 Å². The lowest BCUT2D eigenvalue weighted by Crippen LogP contribution is -2.50. The van der Waals surface area contributed by atoms with Crippen molar-refractivity contribution >= 4 is 17.8 Å². The summed E-state index contributed by atoms with van der Waals surface area (Å²) in [6.07, 6.45) is 0.266. The number of carbonyl (C=O) groups is 3. The Hall–Kier alpha value is -4.17. The number of para-hydroxylation sites is 1. The molecule has 0 bridgehead atoms. The predicted molar refractivity (Wildman–Crippen MR) is 139 cm³/mol. The minimum absolute atomic E-state index is 0.0688. The summed E-state index contributed by atoms with van der Waals surface area (Å²) in [5.74, 6) is -0.487. The second-order valence-corrected chi connectivity index (χ2v) is 9.16. The summed E-state index contributed by atoms with van der Waals surface area (Å²) in [7, 11) is 0. The third-order valence-electron chi connectivity index (χ3n) is 6.99. The zero-order valence-electron chi connectivity index (χ0n) is 21.4. The van der Waals surface area contributed by atoms with Crippen LogP contribution in [0.3, 0.4) is 0 Å². The molecular formula is C30H30N2O6. The molecule has 2 atom stereocenters. The number of rotatable bonds is 8. The minimum atomic E-state index is -1.87. The first-order valence-corrected chi connectivity index (χ1v) is 12.8. The van der Waals surface area contributed by atoms with Crippen LogP contribution in [0.25, 0.3) is 0 Å². The molecule has 3 aromatic carbocycles. The number of esters is 2. The van der Waals surface area contributed by atoms with Gasteiger partial charge >= 0.3 is 11.9 Å². The van der Waals surface area contributed by atoms with E-state index in [0.29, 0.717) is 29.2 Å². The van der Waals surface area contributed by atoms with Gasteiger partial charge in [0, 0.05) is 13.0 Å². The number of ether oxygens (including phenoxy) is 3. The van der Waals surface area contributed by atoms with Gasteiger partial charge in [0.25, 0.3) is 0 Å². The lowest BCUT2D eigenvalue weighted by molar-refractivity contribution is -0.176. The minimum Gasteiger partial charge on any atom is -0.465 e. The Bertz CT molecular complexity index is 1290. The molecule has 8 nitrogen and oxygen atoms in total. The summed E-state index contributed by atoms with van der Waals surface area (Å²) >= 11 is 0. The molecule has 0 unspecified atom stereocenters. The standard InChI is InChI=1S/C30H30N2O6/c1-3-36-28(34)30(29(35)37-4-2)26(21-12-7-5-8-13-21)31-19-18-25(33)32(31)27(30)22-14-11-17-24(20-22)38-23-15-9-6-10-16-23/h5-17,20,26-27H,3-4,18-19H2,1-2H3/t26-,27-/m1/s1. The van der Waals surface area contributed by atoms with E-state index in [0.717, 1.165) is 0 Å². The van der Waals surface area contributed by atoms with Crippen LogP contribution < -0.4 is 4.74 Å². The van der Waals surface area contributed by atoms with E-state index in [2.05, 4.69) is 0 Å². The molecular weight excluding hydrogens is 484 g/mol. The van der Waals surface area contributed by atoms with Crippen LogP contribution in [0, 0.1) is 5.41 Å². The molecule has 0 N–H and O–H groups in total. The summed E-state index contributed by atoms with van der Waals surface area (Å²) in [6, 6.07) is 23.9. The zero-order chi connectivity index (χ0) is 26.7. The fourth-order valence-electron chi connectivity index (χ4n) is 5.58. The molecule has 38 heavy (non-hydrogen) atoms. The summed E-state index contributed by atoms with van der Waals surface area (Å²) in [6.45, 7) is 3.88. The van der Waals surface area contributed by atoms with E-state index in [1.807, 2.05) is 65.7 Å². The molecule has 0 spiro atoms. The highest BCUT2D eigenvalue weighted by molar-refractivity contribution is 6.04. The van der Waals surface area contributed by atoms with Gasteiger partial charge in [-0.15, -0.1) is 0 Å². The van der Waals surface area contributed by atoms with Crippen LogP contribution in [0.15, 0.2) is 84.9 Å². The Labute approximate surface area is 221 Å². The third-order valence-corrected chi connectivity index (χ3v) is 6.99. The molecule has 5 rings (SSSR count). The Morgan fingerprint density at radius 3 is 2.00 bits per heavy atom. The number of hydrogen-bond acceptors (Lipinski definition) is 7. The van der Waals surface area contributed by atoms with Crippen molar-refractivity contribution in [2.75, 3.05) is 19.8 Å². The van der Waals surface area contributed by atoms with Crippen molar-refractivity contribution in [3.8, 4) is 11.5 Å². The van der Waals surface area contributed by atoms with Gasteiger partial charge in [-0.2, -0.15) is 0 Å². The number of hydrazine groups is 1. The highest BCUT2D eigenvalue weighted by Crippen LogP contribution is 2.60. The monoisotopic (exact) mass is 514 g/mol. The fraction of sp³-hybridized carbons (Fsp3) is 0.300. The number of carbonyl (C=O) groups excluding carboxylic acids is 3. The Kier molecular flexibility index (Phi) is 7.15. The maximum atomic E-state index is 14.0. The van der Waals surface area contributed by atoms with Crippen LogP contribution in [-0.4, -0.2) is 47.6 Å². The van der Waals surface area contributed by atoms with Crippen LogP contribution in [0.1, 0.15) is 43.5 Å². The first-order valence-electron chi connectivity index (χ1n) is 12.8. The van der Waals surface area contributed by atoms with E-state index in [4.69, 9.17) is 14.2 Å². The molecule has 0 aliphatic carbocycles. The maximum absolute atomic E-state index is 14.0. The Morgan fingerprint density at radius 2 is 1.37 bits per heavy atom. The topological polar surface area (TPSA) is 85.4 Å². The summed E-state index contributed by atoms with van der Waals surface area (Å²) in [5, 5.41) is 3.37. The zero-order valence-corrected chi connectivity index (χ0v) is 21.4. The fourth-order valence-corrected chi connectivity index (χ4v) is 5.58. The first-order chi connectivity index (χ1) is 18.5. The number of nitrogens with zero attached hydrogens (tertiary/aromatic N) is 2. The van der Waals surface area contributed by atoms with E-state index < -0.39 is 29.4 Å². The van der Waals surface area contributed by atoms with Gasteiger partial charge in [-0.1, -0.05) is 60.7 Å². The SMILES string of the molecule is CCOC(=O)C1(C(=O)OCC)[C@@H](c2ccccc2)N2CCC(=O)N2[C@@H]1c1cccc(Oc2ccccc2)c1. The van der Waals surface area contributed by atoms with E-state index in [-0.39, 0.29) is 25.5 Å². The van der Waals surface area contributed by atoms with Crippen molar-refractivity contribution in [3.05, 3.63) is 96.1 Å². The van der Waals surface area contributed by atoms with Crippen LogP contribution in [-0.2, 0) is 23.9 Å². The first kappa shape index (κ1) is 25.5. The molecule has 2 aliphatic rings. The van der Waals surface area contributed by atoms with Crippen molar-refractivity contribution in [2.45, 2.75) is 32.4 Å². The van der Waals surface area contributed by atoms with Gasteiger partial charge in [0.1, 0.15) is 17.5 Å². The van der Waals surface area contributed by atoms with Crippen molar-refractivity contribution in [2.24, 2.45) is 5.41 Å². The van der Waals surface area contributed by atoms with Gasteiger partial charge in [-0.3, -0.25) is 19.4 Å². The van der Waals surface area contributed by atoms with Gasteiger partial charge < -0.3 is 14.2 Å². The third kappa shape index (κ3) is 4.20. The van der Waals surface area contributed by atoms with Crippen molar-refractivity contribution in [3.63, 3.8) is 0 Å². The molecule has 2 fully saturated rings. The lowest BCUT2D eigenvalue weighted by atomic mass is 9.70. The molecule has 2 aliphatic heterocycles. The van der Waals surface area contributed by atoms with E-state index in [9.17, 15) is 14.4 Å². The molecule has 3 aromatic rings. The second-order valence-electron chi connectivity index (χ2n) is 9.16. The average molecular weight is 515 g/mol. The summed E-state index contributed by atoms with van der Waals surface area (Å²) < 4.78 is 17.2. The quantitative estimate of drug-likeness (QED) is 0.314. The molecule has 8 heteroatoms. The number of benzene rings is 3. The van der Waals surface area contributed by atoms with Crippen molar-refractivity contribution in [1.82, 2.24) is 10.0 Å². The van der Waals surface area contributed by atoms with Crippen LogP contribution in [0.4, 0.5) is 0 Å². The Morgan fingerprint density at radius 1 is 0.789 bits per heavy atom. The molecule has 2 saturated heterocycles. The molecule has 2 heterocycles.